The van der Waals surface area contributed by atoms with Crippen molar-refractivity contribution in [3.05, 3.63) is 12.4 Å². The van der Waals surface area contributed by atoms with Crippen LogP contribution in [0.2, 0.25) is 0 Å². The summed E-state index contributed by atoms with van der Waals surface area (Å²) in [5.74, 6) is -0.140. The second kappa shape index (κ2) is 6.04. The van der Waals surface area contributed by atoms with Gasteiger partial charge in [0.25, 0.3) is 0 Å². The van der Waals surface area contributed by atoms with Crippen LogP contribution in [0.1, 0.15) is 19.8 Å². The predicted octanol–water partition coefficient (Wildman–Crippen LogP) is -0.0427. The van der Waals surface area contributed by atoms with Crippen LogP contribution in [0.5, 0.6) is 0 Å². The number of amides is 2. The zero-order valence-electron chi connectivity index (χ0n) is 11.9. The van der Waals surface area contributed by atoms with Gasteiger partial charge in [-0.1, -0.05) is 0 Å². The summed E-state index contributed by atoms with van der Waals surface area (Å²) >= 11 is 0. The molecule has 1 aliphatic rings. The van der Waals surface area contributed by atoms with Crippen LogP contribution in [-0.4, -0.2) is 41.7 Å². The summed E-state index contributed by atoms with van der Waals surface area (Å²) in [5.41, 5.74) is 0.229. The molecule has 7 nitrogen and oxygen atoms in total. The number of rotatable bonds is 4. The molecule has 0 aromatic carbocycles. The molecule has 0 spiro atoms. The summed E-state index contributed by atoms with van der Waals surface area (Å²) in [6.45, 7) is 3.76. The van der Waals surface area contributed by atoms with Crippen molar-refractivity contribution in [2.45, 2.75) is 26.3 Å². The average Bonchev–Trinajstić information content (AvgIpc) is 2.86. The molecular formula is C13H21N5O2. The zero-order chi connectivity index (χ0) is 14.6. The van der Waals surface area contributed by atoms with E-state index in [1.165, 1.54) is 4.68 Å². The fourth-order valence-electron chi connectivity index (χ4n) is 2.27. The normalized spacial score (nSPS) is 22.3. The lowest BCUT2D eigenvalue weighted by Crippen LogP contribution is -2.45. The van der Waals surface area contributed by atoms with Gasteiger partial charge in [0, 0.05) is 19.8 Å². The smallest absolute Gasteiger partial charge is 0.241 e. The zero-order valence-corrected chi connectivity index (χ0v) is 11.9. The fourth-order valence-corrected chi connectivity index (χ4v) is 2.27. The van der Waals surface area contributed by atoms with Gasteiger partial charge in [-0.3, -0.25) is 14.3 Å². The van der Waals surface area contributed by atoms with Crippen molar-refractivity contribution in [2.24, 2.45) is 5.41 Å². The van der Waals surface area contributed by atoms with Crippen molar-refractivity contribution in [3.63, 3.8) is 0 Å². The molecule has 1 aliphatic heterocycles. The molecule has 1 saturated heterocycles. The van der Waals surface area contributed by atoms with Crippen molar-refractivity contribution >= 4 is 17.5 Å². The Hall–Kier alpha value is -1.89. The minimum atomic E-state index is -0.388. The Morgan fingerprint density at radius 1 is 1.55 bits per heavy atom. The molecule has 1 unspecified atom stereocenters. The van der Waals surface area contributed by atoms with E-state index in [1.807, 2.05) is 6.92 Å². The van der Waals surface area contributed by atoms with Crippen LogP contribution in [0, 0.1) is 5.41 Å². The van der Waals surface area contributed by atoms with Gasteiger partial charge in [-0.05, 0) is 26.3 Å². The Labute approximate surface area is 118 Å². The van der Waals surface area contributed by atoms with E-state index in [9.17, 15) is 9.59 Å². The van der Waals surface area contributed by atoms with Crippen molar-refractivity contribution in [1.82, 2.24) is 20.4 Å². The Morgan fingerprint density at radius 3 is 3.00 bits per heavy atom. The molecular weight excluding hydrogens is 258 g/mol. The summed E-state index contributed by atoms with van der Waals surface area (Å²) in [5, 5.41) is 12.7. The second-order valence-corrected chi connectivity index (χ2v) is 5.39. The molecule has 0 bridgehead atoms. The Balaban J connectivity index is 1.96. The number of anilines is 1. The van der Waals surface area contributed by atoms with Gasteiger partial charge in [-0.15, -0.1) is 0 Å². The molecule has 3 N–H and O–H groups in total. The number of nitrogens with zero attached hydrogens (tertiary/aromatic N) is 2. The van der Waals surface area contributed by atoms with Gasteiger partial charge in [0.2, 0.25) is 11.8 Å². The van der Waals surface area contributed by atoms with Crippen molar-refractivity contribution in [1.29, 1.82) is 0 Å². The molecule has 1 aromatic heterocycles. The number of piperidine rings is 1. The predicted molar refractivity (Wildman–Crippen MR) is 75.1 cm³/mol. The molecule has 1 atom stereocenters. The molecule has 2 rings (SSSR count). The van der Waals surface area contributed by atoms with Gasteiger partial charge in [0.1, 0.15) is 6.54 Å². The minimum absolute atomic E-state index is 0.0100. The first-order valence-electron chi connectivity index (χ1n) is 6.79. The van der Waals surface area contributed by atoms with E-state index >= 15 is 0 Å². The SMILES string of the molecule is CNC(=O)Cn1cc(NC(=O)C2(C)CCCNC2)cn1. The largest absolute Gasteiger partial charge is 0.358 e. The molecule has 7 heteroatoms. The van der Waals surface area contributed by atoms with E-state index in [1.54, 1.807) is 19.4 Å². The highest BCUT2D eigenvalue weighted by Crippen LogP contribution is 2.27. The maximum absolute atomic E-state index is 12.3. The molecule has 20 heavy (non-hydrogen) atoms. The maximum atomic E-state index is 12.3. The first-order chi connectivity index (χ1) is 9.53. The van der Waals surface area contributed by atoms with Crippen LogP contribution in [-0.2, 0) is 16.1 Å². The fraction of sp³-hybridized carbons (Fsp3) is 0.615. The summed E-state index contributed by atoms with van der Waals surface area (Å²) in [6.07, 6.45) is 5.09. The molecule has 0 saturated carbocycles. The van der Waals surface area contributed by atoms with Gasteiger partial charge in [0.15, 0.2) is 0 Å². The third-order valence-corrected chi connectivity index (χ3v) is 3.62. The molecule has 2 heterocycles. The Bertz CT molecular complexity index is 491. The average molecular weight is 279 g/mol. The maximum Gasteiger partial charge on any atom is 0.241 e. The number of hydrogen-bond donors (Lipinski definition) is 3. The lowest BCUT2D eigenvalue weighted by Gasteiger charge is -2.32. The van der Waals surface area contributed by atoms with Gasteiger partial charge in [-0.2, -0.15) is 5.10 Å². The number of carbonyl (C=O) groups is 2. The van der Waals surface area contributed by atoms with Gasteiger partial charge >= 0.3 is 0 Å². The second-order valence-electron chi connectivity index (χ2n) is 5.39. The lowest BCUT2D eigenvalue weighted by atomic mass is 9.82. The van der Waals surface area contributed by atoms with E-state index in [0.717, 1.165) is 19.4 Å². The first kappa shape index (κ1) is 14.5. The van der Waals surface area contributed by atoms with Crippen molar-refractivity contribution in [3.8, 4) is 0 Å². The summed E-state index contributed by atoms with van der Waals surface area (Å²) < 4.78 is 1.50. The number of nitrogens with one attached hydrogen (secondary N) is 3. The number of likely N-dealkylation sites (N-methyl/N-ethyl adjacent to an activating group) is 1. The Kier molecular flexibility index (Phi) is 4.39. The van der Waals surface area contributed by atoms with Crippen LogP contribution in [0.3, 0.4) is 0 Å². The number of hydrogen-bond acceptors (Lipinski definition) is 4. The molecule has 110 valence electrons. The highest BCUT2D eigenvalue weighted by molar-refractivity contribution is 5.95. The van der Waals surface area contributed by atoms with Crippen molar-refractivity contribution < 1.29 is 9.59 Å². The van der Waals surface area contributed by atoms with Crippen LogP contribution in [0.25, 0.3) is 0 Å². The highest BCUT2D eigenvalue weighted by atomic mass is 16.2. The monoisotopic (exact) mass is 279 g/mol. The van der Waals surface area contributed by atoms with E-state index in [0.29, 0.717) is 12.2 Å². The third kappa shape index (κ3) is 3.36. The van der Waals surface area contributed by atoms with Crippen LogP contribution in [0.15, 0.2) is 12.4 Å². The molecule has 0 radical (unpaired) electrons. The quantitative estimate of drug-likeness (QED) is 0.721. The van der Waals surface area contributed by atoms with Crippen LogP contribution < -0.4 is 16.0 Å². The van der Waals surface area contributed by atoms with E-state index in [2.05, 4.69) is 21.0 Å². The Morgan fingerprint density at radius 2 is 2.35 bits per heavy atom. The van der Waals surface area contributed by atoms with Gasteiger partial charge in [-0.25, -0.2) is 0 Å². The number of aromatic nitrogens is 2. The van der Waals surface area contributed by atoms with E-state index < -0.39 is 0 Å². The van der Waals surface area contributed by atoms with E-state index in [4.69, 9.17) is 0 Å². The van der Waals surface area contributed by atoms with Gasteiger partial charge < -0.3 is 16.0 Å². The highest BCUT2D eigenvalue weighted by Gasteiger charge is 2.34. The number of carbonyl (C=O) groups excluding carboxylic acids is 2. The topological polar surface area (TPSA) is 88.0 Å². The molecule has 1 aromatic rings. The van der Waals surface area contributed by atoms with E-state index in [-0.39, 0.29) is 23.8 Å². The summed E-state index contributed by atoms with van der Waals surface area (Å²) in [4.78, 5) is 23.6. The van der Waals surface area contributed by atoms with Crippen molar-refractivity contribution in [2.75, 3.05) is 25.5 Å². The standard InChI is InChI=1S/C13H21N5O2/c1-13(4-3-5-15-9-13)12(20)17-10-6-16-18(7-10)8-11(19)14-2/h6-7,15H,3-5,8-9H2,1-2H3,(H,14,19)(H,17,20). The minimum Gasteiger partial charge on any atom is -0.358 e. The molecule has 2 amide bonds. The first-order valence-corrected chi connectivity index (χ1v) is 6.79. The van der Waals surface area contributed by atoms with Crippen LogP contribution >= 0.6 is 0 Å². The molecule has 1 fully saturated rings. The van der Waals surface area contributed by atoms with Gasteiger partial charge in [0.05, 0.1) is 17.3 Å². The van der Waals surface area contributed by atoms with Crippen LogP contribution in [0.4, 0.5) is 5.69 Å². The lowest BCUT2D eigenvalue weighted by molar-refractivity contribution is -0.125. The third-order valence-electron chi connectivity index (χ3n) is 3.62. The molecule has 0 aliphatic carbocycles. The summed E-state index contributed by atoms with van der Waals surface area (Å²) in [6, 6.07) is 0. The summed E-state index contributed by atoms with van der Waals surface area (Å²) in [7, 11) is 1.57.